The summed E-state index contributed by atoms with van der Waals surface area (Å²) in [6, 6.07) is 15.1. The van der Waals surface area contributed by atoms with Gasteiger partial charge in [-0.05, 0) is 29.3 Å². The van der Waals surface area contributed by atoms with Gasteiger partial charge >= 0.3 is 0 Å². The maximum Gasteiger partial charge on any atom is 0.258 e. The van der Waals surface area contributed by atoms with E-state index in [9.17, 15) is 9.59 Å². The Morgan fingerprint density at radius 2 is 2.07 bits per heavy atom. The zero-order valence-electron chi connectivity index (χ0n) is 14.6. The van der Waals surface area contributed by atoms with Gasteiger partial charge in [-0.2, -0.15) is 10.2 Å². The Bertz CT molecular complexity index is 881. The molecule has 8 nitrogen and oxygen atoms in total. The molecule has 2 amide bonds. The van der Waals surface area contributed by atoms with Crippen molar-refractivity contribution in [2.75, 3.05) is 7.11 Å². The molecule has 3 rings (SSSR count). The minimum atomic E-state index is -0.967. The van der Waals surface area contributed by atoms with E-state index in [1.807, 2.05) is 30.3 Å². The first-order valence-electron chi connectivity index (χ1n) is 8.18. The minimum Gasteiger partial charge on any atom is -0.493 e. The zero-order valence-corrected chi connectivity index (χ0v) is 14.6. The molecule has 0 bridgehead atoms. The van der Waals surface area contributed by atoms with Crippen LogP contribution < -0.4 is 20.3 Å². The van der Waals surface area contributed by atoms with Gasteiger partial charge in [-0.25, -0.2) is 10.9 Å². The maximum atomic E-state index is 11.8. The summed E-state index contributed by atoms with van der Waals surface area (Å²) in [5.41, 5.74) is 6.25. The third-order valence-electron chi connectivity index (χ3n) is 3.78. The first kappa shape index (κ1) is 18.1. The molecule has 1 aliphatic heterocycles. The molecule has 0 spiro atoms. The van der Waals surface area contributed by atoms with Crippen molar-refractivity contribution in [2.45, 2.75) is 6.61 Å². The number of carbonyl (C=O) groups is 2. The number of hydrazone groups is 2. The van der Waals surface area contributed by atoms with E-state index < -0.39 is 17.7 Å². The summed E-state index contributed by atoms with van der Waals surface area (Å²) in [5, 5.41) is 7.39. The summed E-state index contributed by atoms with van der Waals surface area (Å²) in [7, 11) is 1.55. The van der Waals surface area contributed by atoms with Crippen LogP contribution in [-0.2, 0) is 16.2 Å². The Morgan fingerprint density at radius 1 is 1.26 bits per heavy atom. The Labute approximate surface area is 155 Å². The normalized spacial score (nSPS) is 15.6. The van der Waals surface area contributed by atoms with E-state index in [0.717, 1.165) is 5.56 Å². The van der Waals surface area contributed by atoms with Crippen LogP contribution in [0.1, 0.15) is 11.1 Å². The predicted octanol–water partition coefficient (Wildman–Crippen LogP) is 1.46. The second-order valence-corrected chi connectivity index (χ2v) is 5.65. The third kappa shape index (κ3) is 4.69. The van der Waals surface area contributed by atoms with E-state index in [1.165, 1.54) is 12.4 Å². The highest BCUT2D eigenvalue weighted by atomic mass is 16.5. The molecule has 0 radical (unpaired) electrons. The number of amides is 2. The van der Waals surface area contributed by atoms with Gasteiger partial charge in [0.25, 0.3) is 11.8 Å². The van der Waals surface area contributed by atoms with Crippen LogP contribution in [0.2, 0.25) is 0 Å². The first-order valence-corrected chi connectivity index (χ1v) is 8.18. The van der Waals surface area contributed by atoms with Crippen molar-refractivity contribution in [3.05, 3.63) is 59.7 Å². The molecule has 8 heteroatoms. The number of benzene rings is 2. The van der Waals surface area contributed by atoms with Gasteiger partial charge in [0.2, 0.25) is 0 Å². The fourth-order valence-corrected chi connectivity index (χ4v) is 2.36. The van der Waals surface area contributed by atoms with E-state index in [-0.39, 0.29) is 0 Å². The van der Waals surface area contributed by atoms with Gasteiger partial charge in [0.15, 0.2) is 17.4 Å². The van der Waals surface area contributed by atoms with E-state index in [1.54, 1.807) is 25.3 Å². The zero-order chi connectivity index (χ0) is 19.1. The van der Waals surface area contributed by atoms with Crippen molar-refractivity contribution in [1.82, 2.24) is 10.9 Å². The molecular formula is C19H18N4O4. The molecule has 2 aromatic rings. The summed E-state index contributed by atoms with van der Waals surface area (Å²) < 4.78 is 11.1. The number of rotatable bonds is 7. The van der Waals surface area contributed by atoms with Crippen molar-refractivity contribution in [1.29, 1.82) is 0 Å². The lowest BCUT2D eigenvalue weighted by Crippen LogP contribution is -2.34. The topological polar surface area (TPSA) is 101 Å². The van der Waals surface area contributed by atoms with Gasteiger partial charge < -0.3 is 9.47 Å². The van der Waals surface area contributed by atoms with E-state index >= 15 is 0 Å². The van der Waals surface area contributed by atoms with Crippen LogP contribution in [0.3, 0.4) is 0 Å². The Balaban J connectivity index is 1.60. The molecule has 0 aliphatic carbocycles. The summed E-state index contributed by atoms with van der Waals surface area (Å²) in [5.74, 6) is -0.862. The molecule has 0 unspecified atom stereocenters. The second kappa shape index (κ2) is 8.61. The predicted molar refractivity (Wildman–Crippen MR) is 99.6 cm³/mol. The molecule has 138 valence electrons. The number of carbonyl (C=O) groups excluding carboxylic acids is 2. The molecule has 0 fully saturated rings. The lowest BCUT2D eigenvalue weighted by Gasteiger charge is -2.11. The van der Waals surface area contributed by atoms with Crippen LogP contribution in [0.25, 0.3) is 0 Å². The van der Waals surface area contributed by atoms with Crippen LogP contribution in [0.4, 0.5) is 0 Å². The van der Waals surface area contributed by atoms with Crippen molar-refractivity contribution < 1.29 is 19.1 Å². The Hall–Kier alpha value is -3.68. The molecule has 2 aromatic carbocycles. The molecular weight excluding hydrogens is 348 g/mol. The molecule has 0 saturated heterocycles. The number of ether oxygens (including phenoxy) is 2. The van der Waals surface area contributed by atoms with E-state index in [4.69, 9.17) is 9.47 Å². The van der Waals surface area contributed by atoms with Crippen LogP contribution in [0.15, 0.2) is 58.7 Å². The van der Waals surface area contributed by atoms with Crippen molar-refractivity contribution in [2.24, 2.45) is 16.1 Å². The quantitative estimate of drug-likeness (QED) is 0.440. The summed E-state index contributed by atoms with van der Waals surface area (Å²) in [4.78, 5) is 23.2. The van der Waals surface area contributed by atoms with E-state index in [0.29, 0.717) is 23.7 Å². The van der Waals surface area contributed by atoms with Crippen LogP contribution in [0.5, 0.6) is 11.5 Å². The van der Waals surface area contributed by atoms with Crippen LogP contribution in [-0.4, -0.2) is 31.4 Å². The molecule has 1 heterocycles. The van der Waals surface area contributed by atoms with Crippen molar-refractivity contribution in [3.8, 4) is 11.5 Å². The maximum absolute atomic E-state index is 11.8. The average molecular weight is 366 g/mol. The average Bonchev–Trinajstić information content (AvgIpc) is 3.13. The van der Waals surface area contributed by atoms with Gasteiger partial charge in [0, 0.05) is 6.21 Å². The lowest BCUT2D eigenvalue weighted by atomic mass is 10.1. The third-order valence-corrected chi connectivity index (χ3v) is 3.78. The number of nitrogens with zero attached hydrogens (tertiary/aromatic N) is 2. The molecule has 27 heavy (non-hydrogen) atoms. The monoisotopic (exact) mass is 366 g/mol. The molecule has 1 atom stereocenters. The van der Waals surface area contributed by atoms with Crippen molar-refractivity contribution in [3.63, 3.8) is 0 Å². The largest absolute Gasteiger partial charge is 0.493 e. The molecule has 2 N–H and O–H groups in total. The number of hydrogen-bond donors (Lipinski definition) is 2. The smallest absolute Gasteiger partial charge is 0.258 e. The van der Waals surface area contributed by atoms with Gasteiger partial charge in [0.1, 0.15) is 6.61 Å². The molecule has 1 aliphatic rings. The van der Waals surface area contributed by atoms with Crippen molar-refractivity contribution >= 4 is 24.2 Å². The highest BCUT2D eigenvalue weighted by molar-refractivity contribution is 6.15. The number of methoxy groups -OCH3 is 1. The Morgan fingerprint density at radius 3 is 2.78 bits per heavy atom. The first-order chi connectivity index (χ1) is 13.2. The summed E-state index contributed by atoms with van der Waals surface area (Å²) in [6.07, 6.45) is 2.68. The standard InChI is InChI=1S/C19H18N4O4/c1-26-17-9-14(10-20-22-18(24)15-11-21-23-19(15)25)7-8-16(17)27-12-13-5-3-2-4-6-13/h2-11,15H,12H2,1H3,(H,22,24)(H,23,25)/b20-10-/t15-/m1/s1. The van der Waals surface area contributed by atoms with Crippen LogP contribution >= 0.6 is 0 Å². The number of nitrogens with one attached hydrogen (secondary N) is 2. The number of hydrogen-bond acceptors (Lipinski definition) is 6. The van der Waals surface area contributed by atoms with Gasteiger partial charge in [0.05, 0.1) is 13.3 Å². The van der Waals surface area contributed by atoms with Gasteiger partial charge in [-0.1, -0.05) is 30.3 Å². The van der Waals surface area contributed by atoms with Gasteiger partial charge in [-0.3, -0.25) is 9.59 Å². The summed E-state index contributed by atoms with van der Waals surface area (Å²) in [6.45, 7) is 0.422. The Kier molecular flexibility index (Phi) is 5.78. The minimum absolute atomic E-state index is 0.422. The molecule has 0 saturated carbocycles. The molecule has 0 aromatic heterocycles. The SMILES string of the molecule is COc1cc(/C=N\NC(=O)[C@H]2C=NNC2=O)ccc1OCc1ccccc1. The lowest BCUT2D eigenvalue weighted by molar-refractivity contribution is -0.131. The van der Waals surface area contributed by atoms with Gasteiger partial charge in [-0.15, -0.1) is 0 Å². The fourth-order valence-electron chi connectivity index (χ4n) is 2.36. The summed E-state index contributed by atoms with van der Waals surface area (Å²) >= 11 is 0. The highest BCUT2D eigenvalue weighted by Gasteiger charge is 2.28. The fraction of sp³-hybridized carbons (Fsp3) is 0.158. The highest BCUT2D eigenvalue weighted by Crippen LogP contribution is 2.28. The van der Waals surface area contributed by atoms with E-state index in [2.05, 4.69) is 21.1 Å². The van der Waals surface area contributed by atoms with Crippen LogP contribution in [0, 0.1) is 5.92 Å². The second-order valence-electron chi connectivity index (χ2n) is 5.65.